The molecule has 4 aromatic rings. The van der Waals surface area contributed by atoms with Crippen molar-refractivity contribution in [2.75, 3.05) is 6.54 Å². The van der Waals surface area contributed by atoms with Gasteiger partial charge in [0.15, 0.2) is 0 Å². The number of hydrogen-bond donors (Lipinski definition) is 2. The average molecular weight is 368 g/mol. The molecule has 5 rings (SSSR count). The number of nitrogens with one attached hydrogen (secondary N) is 2. The van der Waals surface area contributed by atoms with Crippen LogP contribution in [0.15, 0.2) is 67.0 Å². The maximum absolute atomic E-state index is 4.44. The predicted octanol–water partition coefficient (Wildman–Crippen LogP) is 5.02. The van der Waals surface area contributed by atoms with Gasteiger partial charge in [-0.2, -0.15) is 5.10 Å². The SMILES string of the molecule is C(=Cc1n[nH]c2ccccc12)c1ccccc1-n1ccc(CNCC2CC2)c1. The highest BCUT2D eigenvalue weighted by atomic mass is 15.1. The van der Waals surface area contributed by atoms with Gasteiger partial charge in [-0.05, 0) is 60.7 Å². The molecule has 140 valence electrons. The van der Waals surface area contributed by atoms with E-state index in [-0.39, 0.29) is 0 Å². The molecule has 0 unspecified atom stereocenters. The third kappa shape index (κ3) is 3.64. The van der Waals surface area contributed by atoms with Crippen LogP contribution < -0.4 is 5.32 Å². The van der Waals surface area contributed by atoms with Crippen LogP contribution in [0.4, 0.5) is 0 Å². The third-order valence-electron chi connectivity index (χ3n) is 5.35. The van der Waals surface area contributed by atoms with Crippen LogP contribution in [0.25, 0.3) is 28.7 Å². The van der Waals surface area contributed by atoms with E-state index in [0.29, 0.717) is 0 Å². The summed E-state index contributed by atoms with van der Waals surface area (Å²) in [6.45, 7) is 2.07. The summed E-state index contributed by atoms with van der Waals surface area (Å²) in [5.74, 6) is 0.908. The summed E-state index contributed by atoms with van der Waals surface area (Å²) in [6.07, 6.45) is 11.4. The first-order chi connectivity index (χ1) is 13.9. The van der Waals surface area contributed by atoms with Crippen molar-refractivity contribution in [2.45, 2.75) is 19.4 Å². The first kappa shape index (κ1) is 17.0. The van der Waals surface area contributed by atoms with Gasteiger partial charge < -0.3 is 9.88 Å². The summed E-state index contributed by atoms with van der Waals surface area (Å²) in [5, 5.41) is 12.2. The average Bonchev–Trinajstić information content (AvgIpc) is 3.28. The molecule has 1 aliphatic carbocycles. The molecular weight excluding hydrogens is 344 g/mol. The lowest BCUT2D eigenvalue weighted by Gasteiger charge is -2.07. The zero-order valence-electron chi connectivity index (χ0n) is 15.8. The number of para-hydroxylation sites is 2. The molecule has 1 fully saturated rings. The molecule has 0 saturated heterocycles. The first-order valence-corrected chi connectivity index (χ1v) is 9.95. The second-order valence-electron chi connectivity index (χ2n) is 7.55. The molecule has 2 aromatic heterocycles. The summed E-state index contributed by atoms with van der Waals surface area (Å²) < 4.78 is 2.20. The second kappa shape index (κ2) is 7.49. The molecule has 2 aromatic carbocycles. The maximum Gasteiger partial charge on any atom is 0.0927 e. The number of fused-ring (bicyclic) bond motifs is 1. The Hall–Kier alpha value is -3.11. The topological polar surface area (TPSA) is 45.6 Å². The molecule has 2 N–H and O–H groups in total. The molecule has 1 saturated carbocycles. The fraction of sp³-hybridized carbons (Fsp3) is 0.208. The number of rotatable bonds is 7. The monoisotopic (exact) mass is 368 g/mol. The van der Waals surface area contributed by atoms with Crippen LogP contribution in [0, 0.1) is 5.92 Å². The summed E-state index contributed by atoms with van der Waals surface area (Å²) in [5.41, 5.74) is 5.68. The molecule has 2 heterocycles. The number of hydrogen-bond acceptors (Lipinski definition) is 2. The van der Waals surface area contributed by atoms with Gasteiger partial charge in [0.1, 0.15) is 0 Å². The smallest absolute Gasteiger partial charge is 0.0927 e. The van der Waals surface area contributed by atoms with E-state index in [2.05, 4.69) is 81.0 Å². The van der Waals surface area contributed by atoms with E-state index in [1.807, 2.05) is 18.2 Å². The Morgan fingerprint density at radius 2 is 1.89 bits per heavy atom. The quantitative estimate of drug-likeness (QED) is 0.481. The minimum Gasteiger partial charge on any atom is -0.323 e. The first-order valence-electron chi connectivity index (χ1n) is 9.95. The second-order valence-corrected chi connectivity index (χ2v) is 7.55. The van der Waals surface area contributed by atoms with Gasteiger partial charge >= 0.3 is 0 Å². The largest absolute Gasteiger partial charge is 0.323 e. The lowest BCUT2D eigenvalue weighted by atomic mass is 10.1. The van der Waals surface area contributed by atoms with Crippen molar-refractivity contribution < 1.29 is 0 Å². The molecule has 0 radical (unpaired) electrons. The van der Waals surface area contributed by atoms with Gasteiger partial charge in [-0.15, -0.1) is 0 Å². The number of H-pyrrole nitrogens is 1. The maximum atomic E-state index is 4.44. The Morgan fingerprint density at radius 1 is 1.04 bits per heavy atom. The highest BCUT2D eigenvalue weighted by Gasteiger charge is 2.20. The Labute approximate surface area is 164 Å². The summed E-state index contributed by atoms with van der Waals surface area (Å²) >= 11 is 0. The van der Waals surface area contributed by atoms with Gasteiger partial charge in [-0.1, -0.05) is 42.5 Å². The fourth-order valence-corrected chi connectivity index (χ4v) is 3.58. The number of benzene rings is 2. The molecule has 0 amide bonds. The lowest BCUT2D eigenvalue weighted by molar-refractivity contribution is 0.638. The standard InChI is InChI=1S/C24H24N4/c1-4-8-24(28-14-13-19(17-28)16-25-15-18-9-10-18)20(5-1)11-12-23-21-6-2-3-7-22(21)26-27-23/h1-8,11-14,17-18,25H,9-10,15-16H2,(H,26,27). The van der Waals surface area contributed by atoms with Crippen LogP contribution in [-0.4, -0.2) is 21.3 Å². The minimum absolute atomic E-state index is 0.908. The van der Waals surface area contributed by atoms with Crippen molar-refractivity contribution in [3.63, 3.8) is 0 Å². The molecule has 4 heteroatoms. The van der Waals surface area contributed by atoms with Gasteiger partial charge in [-0.3, -0.25) is 5.10 Å². The van der Waals surface area contributed by atoms with Gasteiger partial charge in [0, 0.05) is 24.3 Å². The van der Waals surface area contributed by atoms with Crippen molar-refractivity contribution in [3.8, 4) is 5.69 Å². The minimum atomic E-state index is 0.908. The zero-order valence-corrected chi connectivity index (χ0v) is 15.8. The molecule has 0 atom stereocenters. The van der Waals surface area contributed by atoms with E-state index in [1.165, 1.54) is 29.7 Å². The van der Waals surface area contributed by atoms with Crippen molar-refractivity contribution in [2.24, 2.45) is 5.92 Å². The summed E-state index contributed by atoms with van der Waals surface area (Å²) in [6, 6.07) is 18.9. The number of nitrogens with zero attached hydrogens (tertiary/aromatic N) is 2. The van der Waals surface area contributed by atoms with E-state index >= 15 is 0 Å². The molecule has 28 heavy (non-hydrogen) atoms. The molecule has 0 bridgehead atoms. The Kier molecular flexibility index (Phi) is 4.55. The van der Waals surface area contributed by atoms with E-state index in [1.54, 1.807) is 0 Å². The van der Waals surface area contributed by atoms with Crippen LogP contribution in [-0.2, 0) is 6.54 Å². The van der Waals surface area contributed by atoms with Gasteiger partial charge in [0.05, 0.1) is 16.9 Å². The molecule has 0 spiro atoms. The van der Waals surface area contributed by atoms with E-state index in [4.69, 9.17) is 0 Å². The van der Waals surface area contributed by atoms with E-state index in [0.717, 1.165) is 35.6 Å². The van der Waals surface area contributed by atoms with Crippen molar-refractivity contribution >= 4 is 23.1 Å². The number of aromatic nitrogens is 3. The van der Waals surface area contributed by atoms with Gasteiger partial charge in [0.2, 0.25) is 0 Å². The lowest BCUT2D eigenvalue weighted by Crippen LogP contribution is -2.15. The normalized spacial score (nSPS) is 14.3. The molecule has 1 aliphatic rings. The predicted molar refractivity (Wildman–Crippen MR) is 115 cm³/mol. The van der Waals surface area contributed by atoms with E-state index < -0.39 is 0 Å². The van der Waals surface area contributed by atoms with E-state index in [9.17, 15) is 0 Å². The summed E-state index contributed by atoms with van der Waals surface area (Å²) in [4.78, 5) is 0. The van der Waals surface area contributed by atoms with Crippen LogP contribution in [0.1, 0.15) is 29.7 Å². The highest BCUT2D eigenvalue weighted by Crippen LogP contribution is 2.27. The number of aromatic amines is 1. The van der Waals surface area contributed by atoms with Crippen molar-refractivity contribution in [1.29, 1.82) is 0 Å². The zero-order chi connectivity index (χ0) is 18.8. The third-order valence-corrected chi connectivity index (χ3v) is 5.35. The van der Waals surface area contributed by atoms with Gasteiger partial charge in [-0.25, -0.2) is 0 Å². The van der Waals surface area contributed by atoms with Crippen LogP contribution in [0.2, 0.25) is 0 Å². The Bertz CT molecular complexity index is 1110. The molecule has 0 aliphatic heterocycles. The molecule has 4 nitrogen and oxygen atoms in total. The van der Waals surface area contributed by atoms with Crippen LogP contribution in [0.5, 0.6) is 0 Å². The van der Waals surface area contributed by atoms with Crippen LogP contribution >= 0.6 is 0 Å². The van der Waals surface area contributed by atoms with Crippen LogP contribution in [0.3, 0.4) is 0 Å². The summed E-state index contributed by atoms with van der Waals surface area (Å²) in [7, 11) is 0. The van der Waals surface area contributed by atoms with Crippen molar-refractivity contribution in [3.05, 3.63) is 83.8 Å². The highest BCUT2D eigenvalue weighted by molar-refractivity contribution is 5.89. The van der Waals surface area contributed by atoms with Crippen molar-refractivity contribution in [1.82, 2.24) is 20.1 Å². The molecular formula is C24H24N4. The van der Waals surface area contributed by atoms with Gasteiger partial charge in [0.25, 0.3) is 0 Å². The fourth-order valence-electron chi connectivity index (χ4n) is 3.58. The Balaban J connectivity index is 1.37. The Morgan fingerprint density at radius 3 is 2.82 bits per heavy atom.